The number of amides is 1. The molecule has 170 valence electrons. The van der Waals surface area contributed by atoms with Crippen molar-refractivity contribution in [1.29, 1.82) is 0 Å². The first-order chi connectivity index (χ1) is 16.0. The summed E-state index contributed by atoms with van der Waals surface area (Å²) in [5, 5.41) is 2.86. The van der Waals surface area contributed by atoms with Crippen molar-refractivity contribution in [1.82, 2.24) is 14.7 Å². The fourth-order valence-electron chi connectivity index (χ4n) is 3.33. The molecule has 0 bridgehead atoms. The van der Waals surface area contributed by atoms with Crippen molar-refractivity contribution in [3.8, 4) is 5.75 Å². The van der Waals surface area contributed by atoms with Crippen molar-refractivity contribution >= 4 is 21.4 Å². The lowest BCUT2D eigenvalue weighted by Gasteiger charge is -2.10. The molecule has 0 aliphatic rings. The number of imidazole rings is 1. The standard InChI is InChI=1S/C25H25N3O4S/c1-2-3-15-32-21-5-4-6-23(16-21)33(30,31)22-10-7-19(8-11-22)17-27-25(29)20-9-12-24-26-13-14-28(24)18-20/h4-14,16,18H,2-3,15,17H2,1H3,(H,27,29). The predicted molar refractivity (Wildman–Crippen MR) is 125 cm³/mol. The molecule has 2 heterocycles. The Morgan fingerprint density at radius 3 is 2.67 bits per heavy atom. The molecule has 0 saturated heterocycles. The first kappa shape index (κ1) is 22.5. The highest BCUT2D eigenvalue weighted by Gasteiger charge is 2.18. The number of fused-ring (bicyclic) bond motifs is 1. The Labute approximate surface area is 193 Å². The number of sulfone groups is 1. The first-order valence-electron chi connectivity index (χ1n) is 10.7. The smallest absolute Gasteiger partial charge is 0.253 e. The molecule has 0 atom stereocenters. The summed E-state index contributed by atoms with van der Waals surface area (Å²) < 4.78 is 33.5. The number of hydrogen-bond donors (Lipinski definition) is 1. The lowest BCUT2D eigenvalue weighted by molar-refractivity contribution is 0.0950. The zero-order valence-electron chi connectivity index (χ0n) is 18.3. The quantitative estimate of drug-likeness (QED) is 0.374. The maximum absolute atomic E-state index is 13.0. The van der Waals surface area contributed by atoms with Crippen molar-refractivity contribution < 1.29 is 17.9 Å². The third-order valence-electron chi connectivity index (χ3n) is 5.22. The van der Waals surface area contributed by atoms with Gasteiger partial charge in [0.15, 0.2) is 0 Å². The summed E-state index contributed by atoms with van der Waals surface area (Å²) >= 11 is 0. The predicted octanol–water partition coefficient (Wildman–Crippen LogP) is 4.28. The van der Waals surface area contributed by atoms with Gasteiger partial charge >= 0.3 is 0 Å². The van der Waals surface area contributed by atoms with E-state index in [1.165, 1.54) is 0 Å². The second-order valence-electron chi connectivity index (χ2n) is 7.62. The van der Waals surface area contributed by atoms with E-state index in [9.17, 15) is 13.2 Å². The Bertz CT molecular complexity index is 1360. The van der Waals surface area contributed by atoms with E-state index in [0.29, 0.717) is 17.9 Å². The van der Waals surface area contributed by atoms with Crippen LogP contribution in [0.1, 0.15) is 35.7 Å². The van der Waals surface area contributed by atoms with Gasteiger partial charge < -0.3 is 14.5 Å². The second kappa shape index (κ2) is 9.87. The number of unbranched alkanes of at least 4 members (excludes halogenated alkanes) is 1. The van der Waals surface area contributed by atoms with E-state index in [1.807, 2.05) is 0 Å². The van der Waals surface area contributed by atoms with Gasteiger partial charge in [-0.3, -0.25) is 4.79 Å². The molecule has 0 aliphatic carbocycles. The largest absolute Gasteiger partial charge is 0.494 e. The van der Waals surface area contributed by atoms with E-state index in [1.54, 1.807) is 83.7 Å². The minimum atomic E-state index is -3.67. The molecule has 8 heteroatoms. The Morgan fingerprint density at radius 2 is 1.88 bits per heavy atom. The van der Waals surface area contributed by atoms with Gasteiger partial charge in [0.2, 0.25) is 9.84 Å². The van der Waals surface area contributed by atoms with Crippen LogP contribution in [0.3, 0.4) is 0 Å². The number of carbonyl (C=O) groups is 1. The SMILES string of the molecule is CCCCOc1cccc(S(=O)(=O)c2ccc(CNC(=O)c3ccc4nccn4c3)cc2)c1. The van der Waals surface area contributed by atoms with Crippen LogP contribution in [-0.4, -0.2) is 30.3 Å². The maximum atomic E-state index is 13.0. The van der Waals surface area contributed by atoms with Gasteiger partial charge in [-0.15, -0.1) is 0 Å². The summed E-state index contributed by atoms with van der Waals surface area (Å²) in [7, 11) is -3.67. The van der Waals surface area contributed by atoms with Crippen LogP contribution in [0.25, 0.3) is 5.65 Å². The molecule has 0 spiro atoms. The van der Waals surface area contributed by atoms with E-state index in [-0.39, 0.29) is 22.2 Å². The molecule has 1 N–H and O–H groups in total. The van der Waals surface area contributed by atoms with Crippen LogP contribution in [0.15, 0.2) is 89.0 Å². The first-order valence-corrected chi connectivity index (χ1v) is 12.2. The highest BCUT2D eigenvalue weighted by Crippen LogP contribution is 2.25. The number of nitrogens with zero attached hydrogens (tertiary/aromatic N) is 2. The number of ether oxygens (including phenoxy) is 1. The van der Waals surface area contributed by atoms with E-state index in [0.717, 1.165) is 24.1 Å². The van der Waals surface area contributed by atoms with E-state index in [2.05, 4.69) is 17.2 Å². The summed E-state index contributed by atoms with van der Waals surface area (Å²) in [6.45, 7) is 2.90. The van der Waals surface area contributed by atoms with Gasteiger partial charge in [-0.2, -0.15) is 0 Å². The van der Waals surface area contributed by atoms with Gasteiger partial charge in [-0.25, -0.2) is 13.4 Å². The van der Waals surface area contributed by atoms with E-state index < -0.39 is 9.84 Å². The van der Waals surface area contributed by atoms with Crippen LogP contribution in [0.2, 0.25) is 0 Å². The topological polar surface area (TPSA) is 89.8 Å². The van der Waals surface area contributed by atoms with Crippen LogP contribution in [0, 0.1) is 0 Å². The summed E-state index contributed by atoms with van der Waals surface area (Å²) in [5.41, 5.74) is 2.07. The van der Waals surface area contributed by atoms with Gasteiger partial charge in [0.05, 0.1) is 22.0 Å². The lowest BCUT2D eigenvalue weighted by Crippen LogP contribution is -2.23. The second-order valence-corrected chi connectivity index (χ2v) is 9.57. The Morgan fingerprint density at radius 1 is 1.06 bits per heavy atom. The maximum Gasteiger partial charge on any atom is 0.253 e. The summed E-state index contributed by atoms with van der Waals surface area (Å²) in [6.07, 6.45) is 7.08. The average Bonchev–Trinajstić information content (AvgIpc) is 3.31. The molecule has 0 fully saturated rings. The molecule has 2 aromatic heterocycles. The van der Waals surface area contributed by atoms with Crippen LogP contribution >= 0.6 is 0 Å². The van der Waals surface area contributed by atoms with Gasteiger partial charge in [-0.1, -0.05) is 31.5 Å². The van der Waals surface area contributed by atoms with Crippen LogP contribution in [0.4, 0.5) is 0 Å². The van der Waals surface area contributed by atoms with Crippen LogP contribution in [-0.2, 0) is 16.4 Å². The molecule has 0 unspecified atom stereocenters. The molecule has 1 amide bonds. The van der Waals surface area contributed by atoms with Gasteiger partial charge in [0, 0.05) is 25.1 Å². The van der Waals surface area contributed by atoms with Gasteiger partial charge in [0.25, 0.3) is 5.91 Å². The number of carbonyl (C=O) groups excluding carboxylic acids is 1. The number of rotatable bonds is 9. The molecule has 7 nitrogen and oxygen atoms in total. The lowest BCUT2D eigenvalue weighted by atomic mass is 10.2. The zero-order chi connectivity index (χ0) is 23.3. The number of nitrogens with one attached hydrogen (secondary N) is 1. The third-order valence-corrected chi connectivity index (χ3v) is 6.99. The average molecular weight is 464 g/mol. The molecule has 4 rings (SSSR count). The molecule has 0 saturated carbocycles. The third kappa shape index (κ3) is 5.23. The molecular formula is C25H25N3O4S. The normalized spacial score (nSPS) is 11.4. The Balaban J connectivity index is 1.42. The van der Waals surface area contributed by atoms with Crippen LogP contribution < -0.4 is 10.1 Å². The summed E-state index contributed by atoms with van der Waals surface area (Å²) in [4.78, 5) is 17.0. The number of aromatic nitrogens is 2. The Kier molecular flexibility index (Phi) is 6.74. The monoisotopic (exact) mass is 463 g/mol. The molecule has 2 aromatic carbocycles. The minimum Gasteiger partial charge on any atom is -0.494 e. The molecular weight excluding hydrogens is 438 g/mol. The molecule has 4 aromatic rings. The molecule has 0 aliphatic heterocycles. The van der Waals surface area contributed by atoms with Crippen LogP contribution in [0.5, 0.6) is 5.75 Å². The molecule has 33 heavy (non-hydrogen) atoms. The van der Waals surface area contributed by atoms with Crippen molar-refractivity contribution in [2.24, 2.45) is 0 Å². The van der Waals surface area contributed by atoms with Crippen molar-refractivity contribution in [3.05, 3.63) is 90.4 Å². The van der Waals surface area contributed by atoms with E-state index >= 15 is 0 Å². The Hall–Kier alpha value is -3.65. The number of pyridine rings is 1. The van der Waals surface area contributed by atoms with Gasteiger partial charge in [-0.05, 0) is 54.4 Å². The highest BCUT2D eigenvalue weighted by molar-refractivity contribution is 7.91. The fraction of sp³-hybridized carbons (Fsp3) is 0.200. The summed E-state index contributed by atoms with van der Waals surface area (Å²) in [6, 6.07) is 16.6. The summed E-state index contributed by atoms with van der Waals surface area (Å²) in [5.74, 6) is 0.319. The minimum absolute atomic E-state index is 0.187. The van der Waals surface area contributed by atoms with Crippen molar-refractivity contribution in [3.63, 3.8) is 0 Å². The molecule has 0 radical (unpaired) electrons. The van der Waals surface area contributed by atoms with Gasteiger partial charge in [0.1, 0.15) is 11.4 Å². The van der Waals surface area contributed by atoms with E-state index in [4.69, 9.17) is 4.74 Å². The highest BCUT2D eigenvalue weighted by atomic mass is 32.2. The van der Waals surface area contributed by atoms with Crippen molar-refractivity contribution in [2.75, 3.05) is 6.61 Å². The number of benzene rings is 2. The number of hydrogen-bond acceptors (Lipinski definition) is 5. The fourth-order valence-corrected chi connectivity index (χ4v) is 4.62. The zero-order valence-corrected chi connectivity index (χ0v) is 19.1. The van der Waals surface area contributed by atoms with Crippen molar-refractivity contribution in [2.45, 2.75) is 36.1 Å².